The predicted molar refractivity (Wildman–Crippen MR) is 116 cm³/mol. The Bertz CT molecular complexity index is 807. The Balaban J connectivity index is 1.69. The van der Waals surface area contributed by atoms with Crippen molar-refractivity contribution in [2.45, 2.75) is 39.0 Å². The number of likely N-dealkylation sites (tertiary alicyclic amines) is 1. The van der Waals surface area contributed by atoms with Crippen molar-refractivity contribution in [1.29, 1.82) is 0 Å². The van der Waals surface area contributed by atoms with Gasteiger partial charge in [0, 0.05) is 13.1 Å². The van der Waals surface area contributed by atoms with Crippen LogP contribution in [0.25, 0.3) is 0 Å². The Hall–Kier alpha value is -2.33. The molecule has 29 heavy (non-hydrogen) atoms. The molecule has 4 heteroatoms. The highest BCUT2D eigenvalue weighted by atomic mass is 16.5. The van der Waals surface area contributed by atoms with E-state index < -0.39 is 0 Å². The zero-order chi connectivity index (χ0) is 20.9. The maximum absolute atomic E-state index is 12.6. The Morgan fingerprint density at radius 1 is 1.24 bits per heavy atom. The summed E-state index contributed by atoms with van der Waals surface area (Å²) in [7, 11) is 0. The van der Waals surface area contributed by atoms with E-state index in [-0.39, 0.29) is 17.3 Å². The van der Waals surface area contributed by atoms with Crippen molar-refractivity contribution in [3.63, 3.8) is 0 Å². The van der Waals surface area contributed by atoms with Gasteiger partial charge in [0.2, 0.25) is 0 Å². The molecule has 0 spiro atoms. The standard InChI is InChI=1S/C25H33NO3/c1-4-29-24(28)21(15-20-9-6-5-7-10-20)18-26-14-13-25(3,19(2)17-26)22-11-8-12-23(27)16-22/h5-12,16,19,21,27H,4,13-15,17-18H2,1-3H3/t19-,21+,25+/m0/s1. The summed E-state index contributed by atoms with van der Waals surface area (Å²) in [6.07, 6.45) is 1.70. The summed E-state index contributed by atoms with van der Waals surface area (Å²) in [5, 5.41) is 9.91. The smallest absolute Gasteiger partial charge is 0.310 e. The van der Waals surface area contributed by atoms with E-state index in [0.717, 1.165) is 19.5 Å². The minimum atomic E-state index is -0.158. The maximum atomic E-state index is 12.6. The van der Waals surface area contributed by atoms with Crippen LogP contribution in [-0.4, -0.2) is 42.2 Å². The van der Waals surface area contributed by atoms with Gasteiger partial charge >= 0.3 is 5.97 Å². The molecule has 2 aromatic carbocycles. The van der Waals surface area contributed by atoms with Crippen LogP contribution in [0.1, 0.15) is 38.3 Å². The lowest BCUT2D eigenvalue weighted by Crippen LogP contribution is -2.49. The number of benzene rings is 2. The monoisotopic (exact) mass is 395 g/mol. The largest absolute Gasteiger partial charge is 0.508 e. The van der Waals surface area contributed by atoms with Crippen molar-refractivity contribution in [2.24, 2.45) is 11.8 Å². The summed E-state index contributed by atoms with van der Waals surface area (Å²) < 4.78 is 5.37. The molecule has 3 rings (SSSR count). The van der Waals surface area contributed by atoms with Gasteiger partial charge in [-0.05, 0) is 60.9 Å². The molecule has 2 aromatic rings. The number of piperidine rings is 1. The van der Waals surface area contributed by atoms with Crippen molar-refractivity contribution >= 4 is 5.97 Å². The molecule has 1 heterocycles. The number of nitrogens with zero attached hydrogens (tertiary/aromatic N) is 1. The third kappa shape index (κ3) is 5.18. The predicted octanol–water partition coefficient (Wildman–Crippen LogP) is 4.41. The minimum Gasteiger partial charge on any atom is -0.508 e. The summed E-state index contributed by atoms with van der Waals surface area (Å²) >= 11 is 0. The number of ether oxygens (including phenoxy) is 1. The van der Waals surface area contributed by atoms with Crippen molar-refractivity contribution < 1.29 is 14.6 Å². The van der Waals surface area contributed by atoms with Gasteiger partial charge in [-0.15, -0.1) is 0 Å². The van der Waals surface area contributed by atoms with Gasteiger partial charge in [-0.2, -0.15) is 0 Å². The number of hydrogen-bond acceptors (Lipinski definition) is 4. The molecule has 1 saturated heterocycles. The number of esters is 1. The lowest BCUT2D eigenvalue weighted by atomic mass is 9.68. The number of carbonyl (C=O) groups excluding carboxylic acids is 1. The Kier molecular flexibility index (Phi) is 6.96. The van der Waals surface area contributed by atoms with Crippen LogP contribution in [0, 0.1) is 11.8 Å². The van der Waals surface area contributed by atoms with Crippen LogP contribution in [0.2, 0.25) is 0 Å². The SMILES string of the molecule is CCOC(=O)[C@H](Cc1ccccc1)CN1CC[C@@](C)(c2cccc(O)c2)[C@@H](C)C1. The van der Waals surface area contributed by atoms with Crippen molar-refractivity contribution in [1.82, 2.24) is 4.90 Å². The summed E-state index contributed by atoms with van der Waals surface area (Å²) in [6, 6.07) is 17.8. The molecule has 1 fully saturated rings. The third-order valence-electron chi connectivity index (χ3n) is 6.50. The highest BCUT2D eigenvalue weighted by Gasteiger charge is 2.39. The first-order valence-corrected chi connectivity index (χ1v) is 10.6. The lowest BCUT2D eigenvalue weighted by molar-refractivity contribution is -0.149. The quantitative estimate of drug-likeness (QED) is 0.706. The summed E-state index contributed by atoms with van der Waals surface area (Å²) in [6.45, 7) is 9.41. The average Bonchev–Trinajstić information content (AvgIpc) is 2.71. The van der Waals surface area contributed by atoms with Gasteiger partial charge in [0.15, 0.2) is 0 Å². The summed E-state index contributed by atoms with van der Waals surface area (Å²) in [5.74, 6) is 0.473. The second-order valence-electron chi connectivity index (χ2n) is 8.52. The van der Waals surface area contributed by atoms with E-state index in [1.165, 1.54) is 11.1 Å². The van der Waals surface area contributed by atoms with Crippen molar-refractivity contribution in [3.05, 3.63) is 65.7 Å². The molecule has 0 aliphatic carbocycles. The van der Waals surface area contributed by atoms with E-state index in [1.807, 2.05) is 37.3 Å². The molecular formula is C25H33NO3. The fourth-order valence-electron chi connectivity index (χ4n) is 4.47. The van der Waals surface area contributed by atoms with E-state index in [2.05, 4.69) is 36.9 Å². The number of phenolic OH excluding ortho intramolecular Hbond substituents is 1. The molecule has 0 amide bonds. The van der Waals surface area contributed by atoms with E-state index >= 15 is 0 Å². The topological polar surface area (TPSA) is 49.8 Å². The molecule has 4 nitrogen and oxygen atoms in total. The maximum Gasteiger partial charge on any atom is 0.310 e. The number of hydrogen-bond donors (Lipinski definition) is 1. The molecule has 0 radical (unpaired) electrons. The number of aromatic hydroxyl groups is 1. The fraction of sp³-hybridized carbons (Fsp3) is 0.480. The highest BCUT2D eigenvalue weighted by Crippen LogP contribution is 2.40. The van der Waals surface area contributed by atoms with Crippen LogP contribution in [0.5, 0.6) is 5.75 Å². The molecule has 3 atom stereocenters. The first-order chi connectivity index (χ1) is 13.9. The number of carbonyl (C=O) groups is 1. The Morgan fingerprint density at radius 3 is 2.66 bits per heavy atom. The normalized spacial score (nSPS) is 23.5. The zero-order valence-electron chi connectivity index (χ0n) is 17.8. The molecule has 0 aromatic heterocycles. The lowest BCUT2D eigenvalue weighted by Gasteiger charge is -2.45. The van der Waals surface area contributed by atoms with Gasteiger partial charge in [0.1, 0.15) is 5.75 Å². The van der Waals surface area contributed by atoms with E-state index in [4.69, 9.17) is 4.74 Å². The van der Waals surface area contributed by atoms with Crippen LogP contribution in [0.15, 0.2) is 54.6 Å². The first kappa shape index (κ1) is 21.4. The summed E-state index contributed by atoms with van der Waals surface area (Å²) in [5.41, 5.74) is 2.38. The molecule has 1 aliphatic heterocycles. The van der Waals surface area contributed by atoms with E-state index in [0.29, 0.717) is 31.2 Å². The first-order valence-electron chi connectivity index (χ1n) is 10.6. The Morgan fingerprint density at radius 2 is 2.00 bits per heavy atom. The number of phenols is 1. The zero-order valence-corrected chi connectivity index (χ0v) is 17.8. The average molecular weight is 396 g/mol. The number of rotatable bonds is 7. The molecule has 1 aliphatic rings. The molecular weight excluding hydrogens is 362 g/mol. The van der Waals surface area contributed by atoms with E-state index in [9.17, 15) is 9.90 Å². The van der Waals surface area contributed by atoms with Crippen LogP contribution in [0.3, 0.4) is 0 Å². The van der Waals surface area contributed by atoms with Crippen LogP contribution < -0.4 is 0 Å². The van der Waals surface area contributed by atoms with Crippen LogP contribution in [0.4, 0.5) is 0 Å². The van der Waals surface area contributed by atoms with Gasteiger partial charge in [-0.25, -0.2) is 0 Å². The minimum absolute atomic E-state index is 0.0219. The van der Waals surface area contributed by atoms with Gasteiger partial charge in [-0.3, -0.25) is 4.79 Å². The van der Waals surface area contributed by atoms with Gasteiger partial charge in [0.05, 0.1) is 12.5 Å². The molecule has 1 N–H and O–H groups in total. The second-order valence-corrected chi connectivity index (χ2v) is 8.52. The molecule has 156 valence electrons. The van der Waals surface area contributed by atoms with Gasteiger partial charge in [-0.1, -0.05) is 56.3 Å². The van der Waals surface area contributed by atoms with Crippen LogP contribution >= 0.6 is 0 Å². The second kappa shape index (κ2) is 9.45. The fourth-order valence-corrected chi connectivity index (χ4v) is 4.47. The molecule has 0 unspecified atom stereocenters. The van der Waals surface area contributed by atoms with E-state index in [1.54, 1.807) is 6.07 Å². The highest BCUT2D eigenvalue weighted by molar-refractivity contribution is 5.73. The summed E-state index contributed by atoms with van der Waals surface area (Å²) in [4.78, 5) is 15.0. The van der Waals surface area contributed by atoms with Crippen LogP contribution in [-0.2, 0) is 21.4 Å². The van der Waals surface area contributed by atoms with Crippen molar-refractivity contribution in [2.75, 3.05) is 26.2 Å². The Labute approximate surface area is 174 Å². The molecule has 0 saturated carbocycles. The van der Waals surface area contributed by atoms with Crippen molar-refractivity contribution in [3.8, 4) is 5.75 Å². The molecule has 0 bridgehead atoms. The van der Waals surface area contributed by atoms with Gasteiger partial charge < -0.3 is 14.7 Å². The third-order valence-corrected chi connectivity index (χ3v) is 6.50. The van der Waals surface area contributed by atoms with Gasteiger partial charge in [0.25, 0.3) is 0 Å².